The topological polar surface area (TPSA) is 25.0 Å². The van der Waals surface area contributed by atoms with Crippen molar-refractivity contribution >= 4 is 39.5 Å². The molecule has 2 nitrogen and oxygen atoms in total. The first-order chi connectivity index (χ1) is 11.7. The summed E-state index contributed by atoms with van der Waals surface area (Å²) in [5.41, 5.74) is 1.09. The van der Waals surface area contributed by atoms with Gasteiger partial charge in [-0.15, -0.1) is 0 Å². The average Bonchev–Trinajstić information content (AvgIpc) is 2.92. The largest absolute Gasteiger partial charge is 0.456 e. The van der Waals surface area contributed by atoms with Crippen molar-refractivity contribution in [2.24, 2.45) is 0 Å². The molecule has 0 saturated carbocycles. The molecule has 0 aliphatic rings. The van der Waals surface area contributed by atoms with Crippen LogP contribution < -0.4 is 4.74 Å². The lowest BCUT2D eigenvalue weighted by Crippen LogP contribution is -2.08. The summed E-state index contributed by atoms with van der Waals surface area (Å²) < 4.78 is 45.8. The highest BCUT2D eigenvalue weighted by molar-refractivity contribution is 9.10. The van der Waals surface area contributed by atoms with Gasteiger partial charge in [-0.1, -0.05) is 26.5 Å². The zero-order valence-electron chi connectivity index (χ0n) is 13.4. The van der Waals surface area contributed by atoms with Crippen molar-refractivity contribution in [3.63, 3.8) is 0 Å². The molecule has 3 aromatic rings. The third-order valence-electron chi connectivity index (χ3n) is 3.85. The van der Waals surface area contributed by atoms with Crippen molar-refractivity contribution in [1.82, 2.24) is 4.98 Å². The summed E-state index contributed by atoms with van der Waals surface area (Å²) >= 11 is 8.02. The van der Waals surface area contributed by atoms with Gasteiger partial charge < -0.3 is 9.72 Å². The lowest BCUT2D eigenvalue weighted by molar-refractivity contribution is -0.138. The Balaban J connectivity index is 2.09. The molecule has 3 rings (SSSR count). The van der Waals surface area contributed by atoms with E-state index in [9.17, 15) is 13.2 Å². The van der Waals surface area contributed by atoms with Crippen molar-refractivity contribution in [1.29, 1.82) is 0 Å². The van der Waals surface area contributed by atoms with Gasteiger partial charge in [-0.3, -0.25) is 0 Å². The summed E-state index contributed by atoms with van der Waals surface area (Å²) in [7, 11) is 0. The minimum atomic E-state index is -4.56. The van der Waals surface area contributed by atoms with E-state index >= 15 is 0 Å². The van der Waals surface area contributed by atoms with Gasteiger partial charge in [-0.25, -0.2) is 0 Å². The quantitative estimate of drug-likeness (QED) is 0.461. The highest BCUT2D eigenvalue weighted by Gasteiger charge is 2.36. The fraction of sp³-hybridized carbons (Fsp3) is 0.222. The minimum Gasteiger partial charge on any atom is -0.456 e. The molecule has 0 aliphatic heterocycles. The van der Waals surface area contributed by atoms with E-state index in [0.29, 0.717) is 5.75 Å². The first-order valence-corrected chi connectivity index (χ1v) is 8.73. The molecule has 0 bridgehead atoms. The highest BCUT2D eigenvalue weighted by atomic mass is 79.9. The molecule has 0 atom stereocenters. The third kappa shape index (κ3) is 3.62. The van der Waals surface area contributed by atoms with Crippen LogP contribution >= 0.6 is 28.6 Å². The molecular weight excluding hydrogens is 415 g/mol. The van der Waals surface area contributed by atoms with Gasteiger partial charge in [0.25, 0.3) is 0 Å². The summed E-state index contributed by atoms with van der Waals surface area (Å²) in [6.07, 6.45) is -2.66. The van der Waals surface area contributed by atoms with Crippen molar-refractivity contribution in [3.8, 4) is 11.5 Å². The van der Waals surface area contributed by atoms with Crippen LogP contribution in [0.5, 0.6) is 11.5 Å². The molecule has 1 radical (unpaired) electrons. The van der Waals surface area contributed by atoms with E-state index in [1.165, 1.54) is 6.07 Å². The number of nitrogens with one attached hydrogen (secondary N) is 1. The van der Waals surface area contributed by atoms with Crippen LogP contribution in [0, 0.1) is 0 Å². The zero-order chi connectivity index (χ0) is 18.4. The Morgan fingerprint density at radius 2 is 1.88 bits per heavy atom. The number of ether oxygens (including phenoxy) is 1. The predicted octanol–water partition coefficient (Wildman–Crippen LogP) is 7.42. The van der Waals surface area contributed by atoms with E-state index in [0.717, 1.165) is 22.5 Å². The van der Waals surface area contributed by atoms with Crippen LogP contribution in [0.4, 0.5) is 13.2 Å². The number of rotatable bonds is 3. The number of benzene rings is 2. The maximum atomic E-state index is 13.3. The van der Waals surface area contributed by atoms with Gasteiger partial charge >= 0.3 is 6.18 Å². The molecule has 0 aliphatic carbocycles. The lowest BCUT2D eigenvalue weighted by atomic mass is 10.0. The molecule has 2 aromatic carbocycles. The second-order valence-corrected chi connectivity index (χ2v) is 7.31. The van der Waals surface area contributed by atoms with E-state index in [1.807, 2.05) is 6.20 Å². The van der Waals surface area contributed by atoms with E-state index in [4.69, 9.17) is 17.4 Å². The SMILES string of the molecule is CC(C)c1c[nH]c2ccc(Oc3c(Br)cc([S])cc3C(F)(F)F)cc12. The lowest BCUT2D eigenvalue weighted by Gasteiger charge is -2.16. The average molecular weight is 429 g/mol. The van der Waals surface area contributed by atoms with Crippen LogP contribution in [0.2, 0.25) is 0 Å². The van der Waals surface area contributed by atoms with Gasteiger partial charge in [0.1, 0.15) is 11.3 Å². The number of halogens is 4. The van der Waals surface area contributed by atoms with Crippen molar-refractivity contribution in [2.75, 3.05) is 0 Å². The van der Waals surface area contributed by atoms with Gasteiger partial charge in [-0.05, 0) is 57.7 Å². The molecule has 1 N–H and O–H groups in total. The number of fused-ring (bicyclic) bond motifs is 1. The Labute approximate surface area is 156 Å². The molecule has 1 aromatic heterocycles. The number of aromatic nitrogens is 1. The van der Waals surface area contributed by atoms with Crippen LogP contribution in [0.3, 0.4) is 0 Å². The molecule has 0 saturated heterocycles. The second-order valence-electron chi connectivity index (χ2n) is 5.99. The van der Waals surface area contributed by atoms with Gasteiger partial charge in [0.15, 0.2) is 5.75 Å². The van der Waals surface area contributed by atoms with Gasteiger partial charge in [0.2, 0.25) is 0 Å². The normalized spacial score (nSPS) is 12.1. The van der Waals surface area contributed by atoms with Crippen molar-refractivity contribution in [2.45, 2.75) is 30.8 Å². The summed E-state index contributed by atoms with van der Waals surface area (Å²) in [5.74, 6) is 0.320. The molecule has 0 unspecified atom stereocenters. The standard InChI is InChI=1S/C18H14BrF3NOS/c1-9(2)13-8-23-16-4-3-10(5-12(13)16)24-17-14(18(20,21)22)6-11(25)7-15(17)19/h3-9,23H,1-2H3. The monoisotopic (exact) mass is 428 g/mol. The molecule has 131 valence electrons. The smallest absolute Gasteiger partial charge is 0.420 e. The van der Waals surface area contributed by atoms with Gasteiger partial charge in [-0.2, -0.15) is 13.2 Å². The van der Waals surface area contributed by atoms with Crippen LogP contribution in [0.15, 0.2) is 45.9 Å². The predicted molar refractivity (Wildman–Crippen MR) is 97.5 cm³/mol. The maximum absolute atomic E-state index is 13.3. The number of aromatic amines is 1. The fourth-order valence-electron chi connectivity index (χ4n) is 2.66. The fourth-order valence-corrected chi connectivity index (χ4v) is 3.59. The van der Waals surface area contributed by atoms with E-state index in [2.05, 4.69) is 34.8 Å². The highest BCUT2D eigenvalue weighted by Crippen LogP contribution is 2.44. The summed E-state index contributed by atoms with van der Waals surface area (Å²) in [6.45, 7) is 4.10. The molecular formula is C18H14BrF3NOS. The number of alkyl halides is 3. The first-order valence-electron chi connectivity index (χ1n) is 7.53. The number of hydrogen-bond donors (Lipinski definition) is 1. The number of H-pyrrole nitrogens is 1. The Morgan fingerprint density at radius 3 is 2.52 bits per heavy atom. The molecule has 0 fully saturated rings. The van der Waals surface area contributed by atoms with Crippen LogP contribution in [-0.2, 0) is 6.18 Å². The van der Waals surface area contributed by atoms with Crippen LogP contribution in [0.25, 0.3) is 10.9 Å². The first kappa shape index (κ1) is 18.1. The molecule has 7 heteroatoms. The third-order valence-corrected chi connectivity index (χ3v) is 4.67. The van der Waals surface area contributed by atoms with Gasteiger partial charge in [0, 0.05) is 22.0 Å². The minimum absolute atomic E-state index is 0.0923. The second kappa shape index (κ2) is 6.53. The Morgan fingerprint density at radius 1 is 1.16 bits per heavy atom. The number of hydrogen-bond acceptors (Lipinski definition) is 1. The molecule has 0 amide bonds. The van der Waals surface area contributed by atoms with E-state index in [-0.39, 0.29) is 21.0 Å². The van der Waals surface area contributed by atoms with Crippen LogP contribution in [0.1, 0.15) is 30.9 Å². The Hall–Kier alpha value is -1.73. The Kier molecular flexibility index (Phi) is 4.72. The van der Waals surface area contributed by atoms with Crippen LogP contribution in [-0.4, -0.2) is 4.98 Å². The van der Waals surface area contributed by atoms with E-state index < -0.39 is 11.7 Å². The molecule has 1 heterocycles. The summed E-state index contributed by atoms with van der Waals surface area (Å²) in [5, 5.41) is 0.928. The zero-order valence-corrected chi connectivity index (χ0v) is 15.8. The van der Waals surface area contributed by atoms with Crippen molar-refractivity contribution in [3.05, 3.63) is 52.1 Å². The summed E-state index contributed by atoms with van der Waals surface area (Å²) in [4.78, 5) is 3.25. The van der Waals surface area contributed by atoms with E-state index in [1.54, 1.807) is 18.2 Å². The molecule has 25 heavy (non-hydrogen) atoms. The van der Waals surface area contributed by atoms with Crippen molar-refractivity contribution < 1.29 is 17.9 Å². The summed E-state index contributed by atoms with van der Waals surface area (Å²) in [6, 6.07) is 7.50. The maximum Gasteiger partial charge on any atom is 0.420 e. The van der Waals surface area contributed by atoms with Gasteiger partial charge in [0.05, 0.1) is 4.47 Å². The Bertz CT molecular complexity index is 934. The molecule has 0 spiro atoms.